The van der Waals surface area contributed by atoms with Crippen LogP contribution in [0.1, 0.15) is 212 Å². The largest absolute Gasteiger partial charge is 0.364 e. The van der Waals surface area contributed by atoms with Crippen molar-refractivity contribution in [2.75, 3.05) is 0 Å². The first kappa shape index (κ1) is 41.8. The second-order valence-electron chi connectivity index (χ2n) is 15.5. The number of rotatable bonds is 28. The lowest BCUT2D eigenvalue weighted by Gasteiger charge is -2.51. The van der Waals surface area contributed by atoms with E-state index < -0.39 is 22.8 Å². The average molecular weight is 599 g/mol. The molecule has 0 aliphatic heterocycles. The van der Waals surface area contributed by atoms with Crippen molar-refractivity contribution in [1.82, 2.24) is 0 Å². The molecule has 4 nitrogen and oxygen atoms in total. The van der Waals surface area contributed by atoms with Crippen LogP contribution in [-0.4, -0.2) is 34.5 Å². The Hall–Kier alpha value is -0.160. The maximum Gasteiger partial charge on any atom is 0.312 e. The SMILES string of the molecule is CCCCCCCCC(OC(C)(C)CCCC)C(OC(C)(C)CCCC)(OC(C)(C)CCCC)OC(C)(C)CCCC. The van der Waals surface area contributed by atoms with E-state index in [1.165, 1.54) is 32.1 Å². The summed E-state index contributed by atoms with van der Waals surface area (Å²) in [5, 5.41) is 0. The van der Waals surface area contributed by atoms with E-state index in [4.69, 9.17) is 18.9 Å². The molecule has 0 bridgehead atoms. The Balaban J connectivity index is 6.92. The lowest BCUT2D eigenvalue weighted by Crippen LogP contribution is -2.62. The van der Waals surface area contributed by atoms with Gasteiger partial charge < -0.3 is 18.9 Å². The van der Waals surface area contributed by atoms with Gasteiger partial charge in [-0.3, -0.25) is 0 Å². The lowest BCUT2D eigenvalue weighted by molar-refractivity contribution is -0.485. The minimum Gasteiger partial charge on any atom is -0.364 e. The first-order valence-electron chi connectivity index (χ1n) is 18.3. The van der Waals surface area contributed by atoms with Crippen molar-refractivity contribution < 1.29 is 18.9 Å². The monoisotopic (exact) mass is 599 g/mol. The molecule has 42 heavy (non-hydrogen) atoms. The Morgan fingerprint density at radius 3 is 1.05 bits per heavy atom. The fourth-order valence-electron chi connectivity index (χ4n) is 5.84. The maximum absolute atomic E-state index is 7.30. The van der Waals surface area contributed by atoms with Crippen LogP contribution in [0, 0.1) is 0 Å². The van der Waals surface area contributed by atoms with Crippen molar-refractivity contribution in [1.29, 1.82) is 0 Å². The molecule has 0 aliphatic rings. The van der Waals surface area contributed by atoms with Crippen molar-refractivity contribution in [3.63, 3.8) is 0 Å². The zero-order valence-corrected chi connectivity index (χ0v) is 31.1. The van der Waals surface area contributed by atoms with Gasteiger partial charge in [0.2, 0.25) is 0 Å². The standard InChI is InChI=1S/C38H78O4/c1-14-19-24-25-26-27-28-33(39-34(6,7)29-20-15-2)38(40-35(8,9)30-21-16-3,41-36(10,11)31-22-17-4)42-37(12,13)32-23-18-5/h33H,14-32H2,1-13H3. The normalized spacial score (nSPS) is 14.5. The highest BCUT2D eigenvalue weighted by Gasteiger charge is 2.54. The predicted octanol–water partition coefficient (Wildman–Crippen LogP) is 12.7. The third kappa shape index (κ3) is 18.6. The fourth-order valence-corrected chi connectivity index (χ4v) is 5.84. The molecule has 0 spiro atoms. The van der Waals surface area contributed by atoms with Gasteiger partial charge in [0.05, 0.1) is 22.4 Å². The zero-order chi connectivity index (χ0) is 32.3. The van der Waals surface area contributed by atoms with Gasteiger partial charge in [-0.15, -0.1) is 0 Å². The molecule has 0 aromatic carbocycles. The van der Waals surface area contributed by atoms with E-state index >= 15 is 0 Å². The molecule has 1 unspecified atom stereocenters. The summed E-state index contributed by atoms with van der Waals surface area (Å²) in [4.78, 5) is 0. The molecule has 0 aliphatic carbocycles. The molecule has 0 aromatic rings. The topological polar surface area (TPSA) is 36.9 Å². The summed E-state index contributed by atoms with van der Waals surface area (Å²) in [6, 6.07) is 0. The molecule has 0 amide bonds. The third-order valence-corrected chi connectivity index (χ3v) is 8.46. The molecule has 0 saturated carbocycles. The van der Waals surface area contributed by atoms with Gasteiger partial charge in [0, 0.05) is 0 Å². The third-order valence-electron chi connectivity index (χ3n) is 8.46. The van der Waals surface area contributed by atoms with Crippen LogP contribution in [0.15, 0.2) is 0 Å². The highest BCUT2D eigenvalue weighted by Crippen LogP contribution is 2.43. The summed E-state index contributed by atoms with van der Waals surface area (Å²) in [5.41, 5.74) is -1.57. The van der Waals surface area contributed by atoms with Crippen LogP contribution in [0.5, 0.6) is 0 Å². The highest BCUT2D eigenvalue weighted by atomic mass is 16.9. The molecule has 0 fully saturated rings. The van der Waals surface area contributed by atoms with E-state index in [1.54, 1.807) is 0 Å². The Kier molecular flexibility index (Phi) is 20.7. The Morgan fingerprint density at radius 2 is 0.690 bits per heavy atom. The molecule has 0 N–H and O–H groups in total. The number of ether oxygens (including phenoxy) is 4. The van der Waals surface area contributed by atoms with Crippen molar-refractivity contribution in [3.05, 3.63) is 0 Å². The fraction of sp³-hybridized carbons (Fsp3) is 1.00. The second-order valence-corrected chi connectivity index (χ2v) is 15.5. The van der Waals surface area contributed by atoms with Crippen molar-refractivity contribution >= 4 is 0 Å². The van der Waals surface area contributed by atoms with Crippen LogP contribution in [0.25, 0.3) is 0 Å². The van der Waals surface area contributed by atoms with E-state index in [0.29, 0.717) is 0 Å². The first-order valence-corrected chi connectivity index (χ1v) is 18.3. The van der Waals surface area contributed by atoms with Crippen LogP contribution in [0.2, 0.25) is 0 Å². The number of hydrogen-bond acceptors (Lipinski definition) is 4. The van der Waals surface area contributed by atoms with Gasteiger partial charge >= 0.3 is 5.97 Å². The van der Waals surface area contributed by atoms with Gasteiger partial charge in [-0.2, -0.15) is 0 Å². The van der Waals surface area contributed by atoms with Crippen molar-refractivity contribution in [2.24, 2.45) is 0 Å². The highest BCUT2D eigenvalue weighted by molar-refractivity contribution is 4.88. The summed E-state index contributed by atoms with van der Waals surface area (Å²) in [7, 11) is 0. The van der Waals surface area contributed by atoms with Gasteiger partial charge in [0.15, 0.2) is 0 Å². The van der Waals surface area contributed by atoms with Crippen LogP contribution in [0.3, 0.4) is 0 Å². The smallest absolute Gasteiger partial charge is 0.312 e. The summed E-state index contributed by atoms with van der Waals surface area (Å²) in [6.07, 6.45) is 20.8. The molecular formula is C38H78O4. The van der Waals surface area contributed by atoms with Gasteiger partial charge in [-0.1, -0.05) is 125 Å². The van der Waals surface area contributed by atoms with Crippen LogP contribution in [-0.2, 0) is 18.9 Å². The van der Waals surface area contributed by atoms with E-state index in [1.807, 2.05) is 0 Å². The summed E-state index contributed by atoms with van der Waals surface area (Å²) >= 11 is 0. The quantitative estimate of drug-likeness (QED) is 0.0663. The van der Waals surface area contributed by atoms with E-state index in [2.05, 4.69) is 90.0 Å². The summed E-state index contributed by atoms with van der Waals surface area (Å²) < 4.78 is 29.1. The van der Waals surface area contributed by atoms with E-state index in [9.17, 15) is 0 Å². The number of hydrogen-bond donors (Lipinski definition) is 0. The minimum atomic E-state index is -1.31. The van der Waals surface area contributed by atoms with Gasteiger partial charge in [-0.05, 0) is 87.5 Å². The molecule has 0 saturated heterocycles. The molecule has 0 aromatic heterocycles. The first-order chi connectivity index (χ1) is 19.5. The van der Waals surface area contributed by atoms with Crippen molar-refractivity contribution in [3.8, 4) is 0 Å². The molecular weight excluding hydrogens is 520 g/mol. The predicted molar refractivity (Wildman–Crippen MR) is 183 cm³/mol. The Morgan fingerprint density at radius 1 is 0.381 bits per heavy atom. The summed E-state index contributed by atoms with van der Waals surface area (Å²) in [5.74, 6) is -1.31. The molecule has 0 heterocycles. The van der Waals surface area contributed by atoms with Crippen LogP contribution in [0.4, 0.5) is 0 Å². The van der Waals surface area contributed by atoms with Gasteiger partial charge in [-0.25, -0.2) is 0 Å². The molecule has 1 atom stereocenters. The second kappa shape index (κ2) is 20.8. The molecule has 254 valence electrons. The van der Waals surface area contributed by atoms with E-state index in [-0.39, 0.29) is 11.7 Å². The van der Waals surface area contributed by atoms with Gasteiger partial charge in [0.1, 0.15) is 6.10 Å². The molecule has 4 heteroatoms. The van der Waals surface area contributed by atoms with Crippen LogP contribution >= 0.6 is 0 Å². The van der Waals surface area contributed by atoms with Crippen molar-refractivity contribution in [2.45, 2.75) is 246 Å². The van der Waals surface area contributed by atoms with Crippen LogP contribution < -0.4 is 0 Å². The van der Waals surface area contributed by atoms with Gasteiger partial charge in [0.25, 0.3) is 0 Å². The van der Waals surface area contributed by atoms with E-state index in [0.717, 1.165) is 89.9 Å². The maximum atomic E-state index is 7.30. The Bertz CT molecular complexity index is 596. The minimum absolute atomic E-state index is 0.307. The Labute approximate surface area is 265 Å². The summed E-state index contributed by atoms with van der Waals surface area (Å²) in [6.45, 7) is 29.1. The average Bonchev–Trinajstić information content (AvgIpc) is 2.89. The lowest BCUT2D eigenvalue weighted by atomic mass is 9.96. The molecule has 0 radical (unpaired) electrons. The molecule has 0 rings (SSSR count). The zero-order valence-electron chi connectivity index (χ0n) is 31.1. The number of unbranched alkanes of at least 4 members (excludes halogenated alkanes) is 9.